The van der Waals surface area contributed by atoms with Gasteiger partial charge in [0.15, 0.2) is 16.4 Å². The van der Waals surface area contributed by atoms with Gasteiger partial charge in [-0.15, -0.1) is 11.3 Å². The number of amidine groups is 1. The molecular formula is C23H32F2N6O5S. The van der Waals surface area contributed by atoms with Crippen LogP contribution in [-0.2, 0) is 19.1 Å². The van der Waals surface area contributed by atoms with Crippen molar-refractivity contribution in [1.82, 2.24) is 25.2 Å². The van der Waals surface area contributed by atoms with E-state index < -0.39 is 42.1 Å². The highest BCUT2D eigenvalue weighted by molar-refractivity contribution is 7.11. The Morgan fingerprint density at radius 2 is 2.14 bits per heavy atom. The zero-order valence-electron chi connectivity index (χ0n) is 21.2. The summed E-state index contributed by atoms with van der Waals surface area (Å²) in [6, 6.07) is -1.64. The first-order valence-corrected chi connectivity index (χ1v) is 12.9. The molecule has 2 unspecified atom stereocenters. The van der Waals surface area contributed by atoms with Gasteiger partial charge in [-0.05, 0) is 20.8 Å². The van der Waals surface area contributed by atoms with Crippen molar-refractivity contribution in [2.75, 3.05) is 53.0 Å². The van der Waals surface area contributed by atoms with Crippen molar-refractivity contribution in [2.24, 2.45) is 4.99 Å². The number of hydrazine groups is 1. The largest absolute Gasteiger partial charge is 0.479 e. The van der Waals surface area contributed by atoms with Gasteiger partial charge in [0.25, 0.3) is 5.92 Å². The molecule has 2 fully saturated rings. The number of hydrogen-bond acceptors (Lipinski definition) is 11. The molecule has 0 aliphatic carbocycles. The lowest BCUT2D eigenvalue weighted by molar-refractivity contribution is -0.164. The van der Waals surface area contributed by atoms with E-state index in [1.54, 1.807) is 40.5 Å². The Morgan fingerprint density at radius 3 is 2.78 bits per heavy atom. The number of carbonyl (C=O) groups is 2. The minimum atomic E-state index is -3.04. The van der Waals surface area contributed by atoms with Crippen molar-refractivity contribution in [3.8, 4) is 0 Å². The van der Waals surface area contributed by atoms with Crippen molar-refractivity contribution in [1.29, 1.82) is 0 Å². The van der Waals surface area contributed by atoms with E-state index in [1.807, 2.05) is 0 Å². The second-order valence-corrected chi connectivity index (χ2v) is 10.5. The predicted octanol–water partition coefficient (Wildman–Crippen LogP) is 1.04. The number of aliphatic carboxylic acids is 1. The van der Waals surface area contributed by atoms with Gasteiger partial charge in [-0.3, -0.25) is 9.89 Å². The third-order valence-corrected chi connectivity index (χ3v) is 7.52. The molecule has 0 spiro atoms. The maximum Gasteiger partial charge on any atom is 0.337 e. The number of aromatic nitrogens is 1. The Morgan fingerprint density at radius 1 is 1.38 bits per heavy atom. The van der Waals surface area contributed by atoms with E-state index in [2.05, 4.69) is 15.3 Å². The minimum absolute atomic E-state index is 0.0176. The molecule has 204 valence electrons. The highest BCUT2D eigenvalue weighted by atomic mass is 32.1. The Balaban J connectivity index is 1.51. The van der Waals surface area contributed by atoms with Crippen LogP contribution in [0.4, 0.5) is 8.78 Å². The lowest BCUT2D eigenvalue weighted by atomic mass is 10.1. The van der Waals surface area contributed by atoms with E-state index in [4.69, 9.17) is 9.47 Å². The molecule has 2 atom stereocenters. The molecule has 0 amide bonds. The molecule has 0 saturated carbocycles. The zero-order chi connectivity index (χ0) is 27.0. The number of halogens is 2. The first-order valence-electron chi connectivity index (χ1n) is 12.0. The van der Waals surface area contributed by atoms with Gasteiger partial charge in [-0.1, -0.05) is 0 Å². The number of aliphatic imine (C=N–C) groups is 1. The van der Waals surface area contributed by atoms with E-state index in [0.29, 0.717) is 28.7 Å². The average molecular weight is 543 g/mol. The number of alkyl halides is 2. The van der Waals surface area contributed by atoms with Gasteiger partial charge in [0.1, 0.15) is 6.04 Å². The molecule has 4 rings (SSSR count). The first-order chi connectivity index (χ1) is 17.4. The van der Waals surface area contributed by atoms with Crippen LogP contribution in [0.25, 0.3) is 0 Å². The van der Waals surface area contributed by atoms with Crippen LogP contribution >= 0.6 is 11.3 Å². The molecule has 0 aromatic carbocycles. The summed E-state index contributed by atoms with van der Waals surface area (Å²) in [5.74, 6) is -4.20. The van der Waals surface area contributed by atoms with E-state index in [9.17, 15) is 14.7 Å². The number of hydrogen-bond donors (Lipinski definition) is 2. The van der Waals surface area contributed by atoms with Crippen LogP contribution in [0.15, 0.2) is 27.8 Å². The van der Waals surface area contributed by atoms with E-state index in [-0.39, 0.29) is 32.8 Å². The number of ether oxygens (including phenoxy) is 2. The zero-order valence-corrected chi connectivity index (χ0v) is 22.1. The lowest BCUT2D eigenvalue weighted by Crippen LogP contribution is -2.50. The van der Waals surface area contributed by atoms with Crippen LogP contribution in [0.1, 0.15) is 25.8 Å². The number of esters is 1. The molecule has 2 N–H and O–H groups in total. The molecular weight excluding hydrogens is 510 g/mol. The van der Waals surface area contributed by atoms with Crippen molar-refractivity contribution in [2.45, 2.75) is 44.4 Å². The molecule has 0 bridgehead atoms. The number of rotatable bonds is 10. The number of carbonyl (C=O) groups excluding carboxylic acids is 1. The minimum Gasteiger partial charge on any atom is -0.479 e. The molecule has 0 radical (unpaired) electrons. The predicted molar refractivity (Wildman–Crippen MR) is 131 cm³/mol. The molecule has 11 nitrogen and oxygen atoms in total. The second kappa shape index (κ2) is 10.7. The summed E-state index contributed by atoms with van der Waals surface area (Å²) in [4.78, 5) is 34.3. The Kier molecular flexibility index (Phi) is 7.95. The fraction of sp³-hybridized carbons (Fsp3) is 0.652. The number of likely N-dealkylation sites (tertiary alicyclic amines) is 1. The Hall–Kier alpha value is -2.52. The summed E-state index contributed by atoms with van der Waals surface area (Å²) in [7, 11) is 1.73. The fourth-order valence-corrected chi connectivity index (χ4v) is 5.44. The lowest BCUT2D eigenvalue weighted by Gasteiger charge is -2.32. The molecule has 2 saturated heterocycles. The number of carboxylic acid groups (broad SMARTS) is 1. The van der Waals surface area contributed by atoms with Gasteiger partial charge in [0.2, 0.25) is 0 Å². The van der Waals surface area contributed by atoms with Crippen molar-refractivity contribution >= 4 is 29.1 Å². The molecule has 3 aliphatic rings. The number of fused-ring (bicyclic) bond motifs is 1. The molecule has 1 aromatic rings. The first kappa shape index (κ1) is 27.5. The maximum absolute atomic E-state index is 15.4. The van der Waals surface area contributed by atoms with Gasteiger partial charge < -0.3 is 19.9 Å². The van der Waals surface area contributed by atoms with Gasteiger partial charge in [0, 0.05) is 50.0 Å². The quantitative estimate of drug-likeness (QED) is 0.415. The van der Waals surface area contributed by atoms with Gasteiger partial charge in [0.05, 0.1) is 31.9 Å². The molecule has 1 aromatic heterocycles. The summed E-state index contributed by atoms with van der Waals surface area (Å²) < 4.78 is 41.4. The van der Waals surface area contributed by atoms with Crippen LogP contribution in [0.5, 0.6) is 0 Å². The summed E-state index contributed by atoms with van der Waals surface area (Å²) in [5.41, 5.74) is -0.634. The molecule has 14 heteroatoms. The highest BCUT2D eigenvalue weighted by Crippen LogP contribution is 2.41. The fourth-order valence-electron chi connectivity index (χ4n) is 4.84. The number of nitrogens with zero attached hydrogens (tertiary/aromatic N) is 5. The highest BCUT2D eigenvalue weighted by Gasteiger charge is 2.61. The summed E-state index contributed by atoms with van der Waals surface area (Å²) in [5, 5.41) is 18.1. The van der Waals surface area contributed by atoms with Crippen LogP contribution in [0, 0.1) is 0 Å². The second-order valence-electron chi connectivity index (χ2n) is 9.65. The maximum atomic E-state index is 15.4. The Labute approximate surface area is 217 Å². The van der Waals surface area contributed by atoms with Gasteiger partial charge in [-0.25, -0.2) is 33.4 Å². The SMILES string of the molecule is CCOC(=O)C1=C(CN2CC(F)(F)C3C2CN(C)N3CCOC(C)(C)C(=O)O)NC(c2nccs2)=NC1. The summed E-state index contributed by atoms with van der Waals surface area (Å²) >= 11 is 1.38. The smallest absolute Gasteiger partial charge is 0.337 e. The summed E-state index contributed by atoms with van der Waals surface area (Å²) in [6.07, 6.45) is 1.64. The number of nitrogens with one attached hydrogen (secondary N) is 1. The van der Waals surface area contributed by atoms with Crippen LogP contribution in [-0.4, -0.2) is 119 Å². The molecule has 37 heavy (non-hydrogen) atoms. The van der Waals surface area contributed by atoms with E-state index >= 15 is 8.78 Å². The Bertz CT molecular complexity index is 1080. The van der Waals surface area contributed by atoms with Crippen LogP contribution in [0.2, 0.25) is 0 Å². The normalized spacial score (nSPS) is 24.6. The van der Waals surface area contributed by atoms with Gasteiger partial charge in [-0.2, -0.15) is 0 Å². The standard InChI is InChI=1S/C23H32F2N6O5S/c1-5-35-20(32)14-10-27-18(19-26-6-9-37-19)28-15(14)11-30-13-23(24,25)17-16(30)12-29(4)31(17)7-8-36-22(2,3)21(33)34/h6,9,16-17H,5,7-8,10-13H2,1-4H3,(H,27,28)(H,33,34). The molecule has 3 aliphatic heterocycles. The van der Waals surface area contributed by atoms with Crippen molar-refractivity contribution in [3.05, 3.63) is 27.9 Å². The van der Waals surface area contributed by atoms with Crippen molar-refractivity contribution in [3.63, 3.8) is 0 Å². The van der Waals surface area contributed by atoms with Crippen molar-refractivity contribution < 1.29 is 33.0 Å². The average Bonchev–Trinajstić information content (AvgIpc) is 3.52. The number of thiazole rings is 1. The van der Waals surface area contributed by atoms with E-state index in [1.165, 1.54) is 25.2 Å². The number of likely N-dealkylation sites (N-methyl/N-ethyl adjacent to an activating group) is 1. The van der Waals surface area contributed by atoms with Crippen LogP contribution < -0.4 is 5.32 Å². The van der Waals surface area contributed by atoms with E-state index in [0.717, 1.165) is 0 Å². The third-order valence-electron chi connectivity index (χ3n) is 6.74. The monoisotopic (exact) mass is 542 g/mol. The van der Waals surface area contributed by atoms with Crippen LogP contribution in [0.3, 0.4) is 0 Å². The molecule has 4 heterocycles. The third kappa shape index (κ3) is 5.67. The van der Waals surface area contributed by atoms with Gasteiger partial charge >= 0.3 is 11.9 Å². The number of carboxylic acids is 1. The topological polar surface area (TPSA) is 120 Å². The summed E-state index contributed by atoms with van der Waals surface area (Å²) in [6.45, 7) is 4.85.